The Morgan fingerprint density at radius 3 is 2.20 bits per heavy atom. The summed E-state index contributed by atoms with van der Waals surface area (Å²) < 4.78 is 48.2. The van der Waals surface area contributed by atoms with Crippen molar-refractivity contribution in [1.82, 2.24) is 4.72 Å². The summed E-state index contributed by atoms with van der Waals surface area (Å²) in [5, 5.41) is 4.99. The molecule has 1 aromatic carbocycles. The van der Waals surface area contributed by atoms with Crippen LogP contribution in [0, 0.1) is 0 Å². The fraction of sp³-hybridized carbons (Fsp3) is 0.455. The molecule has 0 amide bonds. The smallest absolute Gasteiger partial charge is 0.225 e. The summed E-state index contributed by atoms with van der Waals surface area (Å²) in [6.07, 6.45) is 0.369. The van der Waals surface area contributed by atoms with E-state index in [0.717, 1.165) is 0 Å². The van der Waals surface area contributed by atoms with Crippen LogP contribution < -0.4 is 9.86 Å². The van der Waals surface area contributed by atoms with Gasteiger partial charge < -0.3 is 0 Å². The Hall–Kier alpha value is -0.670. The molecule has 1 atom stereocenters. The molecule has 6 nitrogen and oxygen atoms in total. The van der Waals surface area contributed by atoms with Crippen molar-refractivity contribution in [3.05, 3.63) is 29.8 Å². The Bertz CT molecular complexity index is 642. The van der Waals surface area contributed by atoms with Gasteiger partial charge in [-0.1, -0.05) is 12.1 Å². The van der Waals surface area contributed by atoms with Gasteiger partial charge in [0.15, 0.2) is 0 Å². The van der Waals surface area contributed by atoms with Crippen LogP contribution in [0.3, 0.4) is 0 Å². The van der Waals surface area contributed by atoms with Gasteiger partial charge in [-0.3, -0.25) is 0 Å². The molecule has 0 aliphatic rings. The number of nitrogens with one attached hydrogen (secondary N) is 1. The zero-order chi connectivity index (χ0) is 15.4. The lowest BCUT2D eigenvalue weighted by molar-refractivity contribution is 0.565. The van der Waals surface area contributed by atoms with E-state index in [2.05, 4.69) is 4.72 Å². The molecular weight excluding hydrogens is 324 g/mol. The Labute approximate surface area is 124 Å². The van der Waals surface area contributed by atoms with E-state index in [1.807, 2.05) is 0 Å². The summed E-state index contributed by atoms with van der Waals surface area (Å²) in [5.74, 6) is 0.231. The normalized spacial score (nSPS) is 14.2. The number of hydrogen-bond donors (Lipinski definition) is 2. The second-order valence-corrected chi connectivity index (χ2v) is 8.13. The lowest BCUT2D eigenvalue weighted by Crippen LogP contribution is -2.29. The molecule has 3 N–H and O–H groups in total. The molecule has 20 heavy (non-hydrogen) atoms. The van der Waals surface area contributed by atoms with Crippen molar-refractivity contribution in [2.75, 3.05) is 11.6 Å². The molecule has 0 fully saturated rings. The standard InChI is InChI=1S/C11H17ClN2O4S2/c1-9(14-19(15,16)8-2-7-12)10-3-5-11(6-4-10)20(13,17)18/h3-6,9,14H,2,7-8H2,1H3,(H2,13,17,18). The quantitative estimate of drug-likeness (QED) is 0.720. The van der Waals surface area contributed by atoms with E-state index < -0.39 is 26.1 Å². The SMILES string of the molecule is CC(NS(=O)(=O)CCCCl)c1ccc(S(N)(=O)=O)cc1. The van der Waals surface area contributed by atoms with Crippen molar-refractivity contribution in [3.63, 3.8) is 0 Å². The first-order valence-corrected chi connectivity index (χ1v) is 9.58. The number of primary sulfonamides is 1. The first-order valence-electron chi connectivity index (χ1n) is 5.84. The van der Waals surface area contributed by atoms with Crippen molar-refractivity contribution >= 4 is 31.6 Å². The lowest BCUT2D eigenvalue weighted by atomic mass is 10.1. The van der Waals surface area contributed by atoms with E-state index in [0.29, 0.717) is 12.0 Å². The Morgan fingerprint density at radius 1 is 1.20 bits per heavy atom. The molecular formula is C11H17ClN2O4S2. The maximum Gasteiger partial charge on any atom is 0.238 e. The second kappa shape index (κ2) is 6.86. The molecule has 1 aromatic rings. The summed E-state index contributed by atoms with van der Waals surface area (Å²) in [5.41, 5.74) is 0.645. The zero-order valence-corrected chi connectivity index (χ0v) is 13.3. The van der Waals surface area contributed by atoms with E-state index in [9.17, 15) is 16.8 Å². The molecule has 0 bridgehead atoms. The van der Waals surface area contributed by atoms with Gasteiger partial charge in [0.25, 0.3) is 0 Å². The minimum atomic E-state index is -3.75. The fourth-order valence-electron chi connectivity index (χ4n) is 1.59. The molecule has 0 saturated heterocycles. The summed E-state index contributed by atoms with van der Waals surface area (Å²) in [4.78, 5) is -0.0153. The number of nitrogens with two attached hydrogens (primary N) is 1. The Kier molecular flexibility index (Phi) is 5.96. The predicted octanol–water partition coefficient (Wildman–Crippen LogP) is 0.943. The molecule has 0 saturated carbocycles. The van der Waals surface area contributed by atoms with Gasteiger partial charge in [0.05, 0.1) is 10.6 Å². The van der Waals surface area contributed by atoms with Crippen LogP contribution in [0.1, 0.15) is 24.9 Å². The van der Waals surface area contributed by atoms with Gasteiger partial charge in [-0.25, -0.2) is 26.7 Å². The van der Waals surface area contributed by atoms with Gasteiger partial charge >= 0.3 is 0 Å². The maximum atomic E-state index is 11.7. The highest BCUT2D eigenvalue weighted by Crippen LogP contribution is 2.16. The van der Waals surface area contributed by atoms with Gasteiger partial charge in [-0.2, -0.15) is 0 Å². The number of sulfonamides is 2. The molecule has 0 aromatic heterocycles. The van der Waals surface area contributed by atoms with E-state index >= 15 is 0 Å². The first kappa shape index (κ1) is 17.4. The highest BCUT2D eigenvalue weighted by Gasteiger charge is 2.16. The van der Waals surface area contributed by atoms with Gasteiger partial charge in [0.1, 0.15) is 0 Å². The van der Waals surface area contributed by atoms with E-state index in [-0.39, 0.29) is 16.5 Å². The average molecular weight is 341 g/mol. The minimum Gasteiger partial charge on any atom is -0.225 e. The van der Waals surface area contributed by atoms with Crippen molar-refractivity contribution in [2.24, 2.45) is 5.14 Å². The largest absolute Gasteiger partial charge is 0.238 e. The van der Waals surface area contributed by atoms with Gasteiger partial charge in [0, 0.05) is 11.9 Å². The molecule has 0 heterocycles. The number of rotatable bonds is 7. The van der Waals surface area contributed by atoms with Crippen LogP contribution in [0.15, 0.2) is 29.2 Å². The topological polar surface area (TPSA) is 106 Å². The highest BCUT2D eigenvalue weighted by atomic mass is 35.5. The summed E-state index contributed by atoms with van der Waals surface area (Å²) in [6.45, 7) is 1.67. The Balaban J connectivity index is 2.81. The first-order chi connectivity index (χ1) is 9.15. The molecule has 1 unspecified atom stereocenters. The number of alkyl halides is 1. The monoisotopic (exact) mass is 340 g/mol. The van der Waals surface area contributed by atoms with Gasteiger partial charge in [-0.15, -0.1) is 11.6 Å². The molecule has 0 aliphatic carbocycles. The van der Waals surface area contributed by atoms with Crippen LogP contribution in [-0.2, 0) is 20.0 Å². The van der Waals surface area contributed by atoms with Crippen molar-refractivity contribution in [3.8, 4) is 0 Å². The third-order valence-corrected chi connectivity index (χ3v) is 5.35. The van der Waals surface area contributed by atoms with Crippen molar-refractivity contribution in [1.29, 1.82) is 0 Å². The van der Waals surface area contributed by atoms with E-state index in [1.54, 1.807) is 6.92 Å². The lowest BCUT2D eigenvalue weighted by Gasteiger charge is -2.14. The number of halogens is 1. The molecule has 9 heteroatoms. The van der Waals surface area contributed by atoms with Crippen LogP contribution in [0.5, 0.6) is 0 Å². The molecule has 114 valence electrons. The summed E-state index contributed by atoms with van der Waals surface area (Å²) >= 11 is 5.46. The van der Waals surface area contributed by atoms with Crippen LogP contribution in [0.2, 0.25) is 0 Å². The van der Waals surface area contributed by atoms with Crippen LogP contribution in [0.25, 0.3) is 0 Å². The molecule has 1 rings (SSSR count). The Morgan fingerprint density at radius 2 is 1.75 bits per heavy atom. The third-order valence-electron chi connectivity index (χ3n) is 2.61. The predicted molar refractivity (Wildman–Crippen MR) is 78.5 cm³/mol. The van der Waals surface area contributed by atoms with E-state index in [4.69, 9.17) is 16.7 Å². The second-order valence-electron chi connectivity index (χ2n) is 4.31. The van der Waals surface area contributed by atoms with Gasteiger partial charge in [-0.05, 0) is 31.0 Å². The summed E-state index contributed by atoms with van der Waals surface area (Å²) in [7, 11) is -7.15. The van der Waals surface area contributed by atoms with Crippen LogP contribution in [0.4, 0.5) is 0 Å². The van der Waals surface area contributed by atoms with Crippen molar-refractivity contribution in [2.45, 2.75) is 24.3 Å². The zero-order valence-electron chi connectivity index (χ0n) is 10.9. The van der Waals surface area contributed by atoms with E-state index in [1.165, 1.54) is 24.3 Å². The van der Waals surface area contributed by atoms with Crippen LogP contribution in [-0.4, -0.2) is 28.5 Å². The number of hydrogen-bond acceptors (Lipinski definition) is 4. The summed E-state index contributed by atoms with van der Waals surface area (Å²) in [6, 6.07) is 5.26. The van der Waals surface area contributed by atoms with Crippen molar-refractivity contribution < 1.29 is 16.8 Å². The van der Waals surface area contributed by atoms with Crippen LogP contribution >= 0.6 is 11.6 Å². The molecule has 0 spiro atoms. The minimum absolute atomic E-state index is 0.0153. The molecule has 0 radical (unpaired) electrons. The number of benzene rings is 1. The third kappa shape index (κ3) is 5.37. The average Bonchev–Trinajstić information content (AvgIpc) is 2.35. The highest BCUT2D eigenvalue weighted by molar-refractivity contribution is 7.89. The molecule has 0 aliphatic heterocycles. The fourth-order valence-corrected chi connectivity index (χ4v) is 3.71. The van der Waals surface area contributed by atoms with Gasteiger partial charge in [0.2, 0.25) is 20.0 Å². The maximum absolute atomic E-state index is 11.7.